The van der Waals surface area contributed by atoms with Crippen LogP contribution in [0.1, 0.15) is 27.5 Å². The third kappa shape index (κ3) is 6.02. The van der Waals surface area contributed by atoms with Crippen molar-refractivity contribution in [1.82, 2.24) is 4.98 Å². The second kappa shape index (κ2) is 12.1. The van der Waals surface area contributed by atoms with E-state index < -0.39 is 6.09 Å². The maximum Gasteiger partial charge on any atom is 0.411 e. The van der Waals surface area contributed by atoms with Gasteiger partial charge in [-0.2, -0.15) is 0 Å². The summed E-state index contributed by atoms with van der Waals surface area (Å²) in [7, 11) is 0. The summed E-state index contributed by atoms with van der Waals surface area (Å²) in [5.74, 6) is -0.314. The van der Waals surface area contributed by atoms with Gasteiger partial charge >= 0.3 is 6.09 Å². The maximum absolute atomic E-state index is 12.6. The quantitative estimate of drug-likeness (QED) is 0.155. The lowest BCUT2D eigenvalue weighted by Crippen LogP contribution is -2.17. The molecule has 0 saturated carbocycles. The van der Waals surface area contributed by atoms with Crippen molar-refractivity contribution in [3.05, 3.63) is 131 Å². The van der Waals surface area contributed by atoms with Crippen LogP contribution in [0.2, 0.25) is 0 Å². The fraction of sp³-hybridized carbons (Fsp3) is 0.0606. The van der Waals surface area contributed by atoms with Crippen LogP contribution in [0.25, 0.3) is 11.1 Å². The number of amides is 2. The third-order valence-electron chi connectivity index (χ3n) is 6.90. The van der Waals surface area contributed by atoms with Crippen LogP contribution in [0.15, 0.2) is 124 Å². The summed E-state index contributed by atoms with van der Waals surface area (Å²) >= 11 is 4.79. The highest BCUT2D eigenvalue weighted by Gasteiger charge is 2.29. The van der Waals surface area contributed by atoms with Gasteiger partial charge in [-0.15, -0.1) is 0 Å². The summed E-state index contributed by atoms with van der Waals surface area (Å²) in [6.07, 6.45) is 1.07. The number of fused-ring (bicyclic) bond motifs is 3. The monoisotopic (exact) mass is 636 g/mol. The number of anilines is 3. The fourth-order valence-corrected chi connectivity index (χ4v) is 5.98. The van der Waals surface area contributed by atoms with Crippen molar-refractivity contribution in [2.24, 2.45) is 0 Å². The molecule has 9 heteroatoms. The molecular formula is C33H25BrN4O3S. The number of pyridine rings is 1. The van der Waals surface area contributed by atoms with Gasteiger partial charge in [-0.1, -0.05) is 60.3 Å². The molecule has 1 aromatic heterocycles. The van der Waals surface area contributed by atoms with Gasteiger partial charge in [0, 0.05) is 43.4 Å². The zero-order valence-electron chi connectivity index (χ0n) is 22.2. The van der Waals surface area contributed by atoms with E-state index in [1.165, 1.54) is 34.0 Å². The molecule has 7 nitrogen and oxygen atoms in total. The zero-order valence-corrected chi connectivity index (χ0v) is 24.6. The first-order chi connectivity index (χ1) is 20.4. The van der Waals surface area contributed by atoms with Crippen molar-refractivity contribution in [1.29, 1.82) is 0 Å². The molecule has 0 spiro atoms. The Labute approximate surface area is 255 Å². The van der Waals surface area contributed by atoms with Crippen LogP contribution in [0.5, 0.6) is 0 Å². The third-order valence-corrected chi connectivity index (χ3v) is 8.47. The van der Waals surface area contributed by atoms with Crippen molar-refractivity contribution in [2.75, 3.05) is 23.0 Å². The normalized spacial score (nSPS) is 11.8. The van der Waals surface area contributed by atoms with Gasteiger partial charge in [0.15, 0.2) is 0 Å². The molecular weight excluding hydrogens is 612 g/mol. The van der Waals surface area contributed by atoms with Crippen molar-refractivity contribution in [3.8, 4) is 11.1 Å². The van der Waals surface area contributed by atoms with E-state index in [4.69, 9.17) is 10.5 Å². The molecule has 208 valence electrons. The van der Waals surface area contributed by atoms with Crippen molar-refractivity contribution < 1.29 is 14.3 Å². The number of nitrogens with zero attached hydrogens (tertiary/aromatic N) is 1. The average Bonchev–Trinajstić information content (AvgIpc) is 3.32. The molecule has 0 bridgehead atoms. The van der Waals surface area contributed by atoms with Crippen molar-refractivity contribution >= 4 is 56.8 Å². The average molecular weight is 638 g/mol. The number of ether oxygens (including phenoxy) is 1. The van der Waals surface area contributed by atoms with Crippen LogP contribution in [0.4, 0.5) is 21.9 Å². The Morgan fingerprint density at radius 3 is 2.14 bits per heavy atom. The number of nitrogens with two attached hydrogens (primary N) is 1. The Balaban J connectivity index is 1.04. The molecule has 42 heavy (non-hydrogen) atoms. The number of hydrogen-bond acceptors (Lipinski definition) is 6. The number of hydrogen-bond donors (Lipinski definition) is 3. The van der Waals surface area contributed by atoms with Gasteiger partial charge < -0.3 is 15.8 Å². The topological polar surface area (TPSA) is 106 Å². The van der Waals surface area contributed by atoms with Crippen LogP contribution in [-0.2, 0) is 4.74 Å². The van der Waals surface area contributed by atoms with E-state index in [9.17, 15) is 9.59 Å². The van der Waals surface area contributed by atoms with Crippen LogP contribution in [-0.4, -0.2) is 23.6 Å². The number of nitrogen functional groups attached to an aromatic ring is 1. The number of aromatic nitrogens is 1. The first-order valence-corrected chi connectivity index (χ1v) is 14.8. The van der Waals surface area contributed by atoms with Crippen molar-refractivity contribution in [2.45, 2.75) is 15.7 Å². The molecule has 0 unspecified atom stereocenters. The van der Waals surface area contributed by atoms with Crippen LogP contribution < -0.4 is 16.4 Å². The summed E-state index contributed by atoms with van der Waals surface area (Å²) in [6, 6.07) is 32.7. The first kappa shape index (κ1) is 27.6. The van der Waals surface area contributed by atoms with Gasteiger partial charge in [-0.25, -0.2) is 9.78 Å². The predicted octanol–water partition coefficient (Wildman–Crippen LogP) is 8.19. The molecule has 2 amide bonds. The van der Waals surface area contributed by atoms with E-state index in [1.807, 2.05) is 54.6 Å². The summed E-state index contributed by atoms with van der Waals surface area (Å²) in [5, 5.41) is 5.63. The van der Waals surface area contributed by atoms with Crippen LogP contribution in [0, 0.1) is 0 Å². The number of benzene rings is 4. The number of halogens is 1. The summed E-state index contributed by atoms with van der Waals surface area (Å²) in [5.41, 5.74) is 13.0. The van der Waals surface area contributed by atoms with Gasteiger partial charge in [0.05, 0.1) is 0 Å². The number of nitrogens with one attached hydrogen (secondary N) is 2. The Morgan fingerprint density at radius 2 is 1.50 bits per heavy atom. The highest BCUT2D eigenvalue weighted by atomic mass is 79.9. The van der Waals surface area contributed by atoms with Crippen molar-refractivity contribution in [3.63, 3.8) is 0 Å². The summed E-state index contributed by atoms with van der Waals surface area (Å²) in [4.78, 5) is 31.0. The molecule has 6 rings (SSSR count). The Bertz CT molecular complexity index is 1730. The molecule has 0 radical (unpaired) electrons. The minimum Gasteiger partial charge on any atom is -0.448 e. The van der Waals surface area contributed by atoms with E-state index in [1.54, 1.807) is 30.5 Å². The zero-order chi connectivity index (χ0) is 29.1. The molecule has 4 N–H and O–H groups in total. The largest absolute Gasteiger partial charge is 0.448 e. The molecule has 5 aromatic rings. The van der Waals surface area contributed by atoms with E-state index in [2.05, 4.69) is 55.8 Å². The fourth-order valence-electron chi connectivity index (χ4n) is 4.91. The van der Waals surface area contributed by atoms with Gasteiger partial charge in [-0.3, -0.25) is 10.1 Å². The number of carbonyl (C=O) groups excluding carboxylic acids is 2. The van der Waals surface area contributed by atoms with Gasteiger partial charge in [-0.05, 0) is 92.8 Å². The second-order valence-electron chi connectivity index (χ2n) is 9.65. The number of carbonyl (C=O) groups is 2. The van der Waals surface area contributed by atoms with E-state index in [0.717, 1.165) is 14.3 Å². The highest BCUT2D eigenvalue weighted by Crippen LogP contribution is 2.44. The van der Waals surface area contributed by atoms with Gasteiger partial charge in [0.1, 0.15) is 12.3 Å². The lowest BCUT2D eigenvalue weighted by molar-refractivity contribution is 0.102. The second-order valence-corrected chi connectivity index (χ2v) is 11.7. The Hall–Kier alpha value is -4.60. The highest BCUT2D eigenvalue weighted by molar-refractivity contribution is 9.10. The first-order valence-electron chi connectivity index (χ1n) is 13.2. The Kier molecular flexibility index (Phi) is 7.94. The lowest BCUT2D eigenvalue weighted by Gasteiger charge is -2.14. The molecule has 0 fully saturated rings. The Morgan fingerprint density at radius 1 is 0.833 bits per heavy atom. The minimum absolute atomic E-state index is 0.00419. The molecule has 0 aliphatic heterocycles. The van der Waals surface area contributed by atoms with Crippen LogP contribution >= 0.6 is 27.7 Å². The van der Waals surface area contributed by atoms with E-state index in [0.29, 0.717) is 22.8 Å². The molecule has 0 atom stereocenters. The lowest BCUT2D eigenvalue weighted by atomic mass is 9.98. The van der Waals surface area contributed by atoms with Gasteiger partial charge in [0.2, 0.25) is 0 Å². The minimum atomic E-state index is -0.502. The molecule has 1 aliphatic carbocycles. The maximum atomic E-state index is 12.6. The summed E-state index contributed by atoms with van der Waals surface area (Å²) < 4.78 is 6.45. The summed E-state index contributed by atoms with van der Waals surface area (Å²) in [6.45, 7) is 0.253. The van der Waals surface area contributed by atoms with E-state index >= 15 is 0 Å². The molecule has 1 aliphatic rings. The molecule has 0 saturated heterocycles. The van der Waals surface area contributed by atoms with Crippen LogP contribution in [0.3, 0.4) is 0 Å². The van der Waals surface area contributed by atoms with E-state index in [-0.39, 0.29) is 18.4 Å². The molecule has 1 heterocycles. The number of rotatable bonds is 7. The SMILES string of the molecule is Nc1cc(NC(=O)c2ccc(Br)cn2)ccc1Sc1ccc(NC(=O)OCC2c3ccccc3-c3ccccc32)cc1. The standard InChI is InChI=1S/C33H25BrN4O3S/c34-20-9-15-30(36-18-20)32(39)37-22-12-16-31(29(35)17-22)42-23-13-10-21(11-14-23)38-33(40)41-19-28-26-7-3-1-5-24(26)25-6-2-4-8-27(25)28/h1-18,28H,19,35H2,(H,37,39)(H,38,40). The molecule has 4 aromatic carbocycles. The van der Waals surface area contributed by atoms with Gasteiger partial charge in [0.25, 0.3) is 5.91 Å². The smallest absolute Gasteiger partial charge is 0.411 e. The predicted molar refractivity (Wildman–Crippen MR) is 170 cm³/mol.